The van der Waals surface area contributed by atoms with E-state index in [1.807, 2.05) is 27.6 Å². The molecule has 0 saturated heterocycles. The second-order valence-corrected chi connectivity index (χ2v) is 8.66. The van der Waals surface area contributed by atoms with Crippen LogP contribution >= 0.6 is 11.3 Å². The highest BCUT2D eigenvalue weighted by Gasteiger charge is 2.29. The molecule has 2 atom stereocenters. The molecule has 0 fully saturated rings. The van der Waals surface area contributed by atoms with Crippen LogP contribution in [0.25, 0.3) is 44.6 Å². The van der Waals surface area contributed by atoms with Crippen molar-refractivity contribution in [2.75, 3.05) is 6.61 Å². The lowest BCUT2D eigenvalue weighted by atomic mass is 10.00. The molecule has 0 aliphatic rings. The minimum absolute atomic E-state index is 0.261. The average molecular weight is 488 g/mol. The molecule has 5 aromatic heterocycles. The number of pyridine rings is 1. The average Bonchev–Trinajstić information content (AvgIpc) is 3.60. The zero-order valence-corrected chi connectivity index (χ0v) is 19.8. The smallest absolute Gasteiger partial charge is 0.315 e. The minimum Gasteiger partial charge on any atom is -0.465 e. The molecule has 35 heavy (non-hydrogen) atoms. The second-order valence-electron chi connectivity index (χ2n) is 7.88. The fourth-order valence-electron chi connectivity index (χ4n) is 4.24. The van der Waals surface area contributed by atoms with Gasteiger partial charge in [0.05, 0.1) is 24.8 Å². The molecular weight excluding hydrogens is 465 g/mol. The largest absolute Gasteiger partial charge is 0.465 e. The van der Waals surface area contributed by atoms with Crippen LogP contribution in [0.4, 0.5) is 4.39 Å². The standard InChI is InChI=1S/C26H22FN5O2S/c1-4-17(26(33)34-6-3)22(5-2)32-13-21(15-7-8-35-14-15)20-12-30-24(31-25(20)32)19-11-29-23-18(19)9-16(27)10-28-23/h4-5,7-14,17,22H,1-2,6H2,3H3,(H,28,29)/t17-,22-/m1/s1. The number of fused-ring (bicyclic) bond motifs is 2. The molecular formula is C26H22FN5O2S. The summed E-state index contributed by atoms with van der Waals surface area (Å²) in [7, 11) is 0. The molecule has 5 heterocycles. The minimum atomic E-state index is -0.664. The van der Waals surface area contributed by atoms with Crippen molar-refractivity contribution in [3.63, 3.8) is 0 Å². The summed E-state index contributed by atoms with van der Waals surface area (Å²) in [5, 5.41) is 5.43. The third-order valence-electron chi connectivity index (χ3n) is 5.89. The fourth-order valence-corrected chi connectivity index (χ4v) is 4.90. The van der Waals surface area contributed by atoms with E-state index in [0.717, 1.165) is 22.7 Å². The van der Waals surface area contributed by atoms with E-state index in [-0.39, 0.29) is 6.61 Å². The van der Waals surface area contributed by atoms with Crippen LogP contribution < -0.4 is 0 Å². The summed E-state index contributed by atoms with van der Waals surface area (Å²) in [6, 6.07) is 2.93. The summed E-state index contributed by atoms with van der Waals surface area (Å²) < 4.78 is 21.1. The maximum absolute atomic E-state index is 13.9. The van der Waals surface area contributed by atoms with Gasteiger partial charge in [0.25, 0.3) is 0 Å². The summed E-state index contributed by atoms with van der Waals surface area (Å²) in [6.07, 6.45) is 9.82. The number of thiophene rings is 1. The molecule has 0 unspecified atom stereocenters. The van der Waals surface area contributed by atoms with Gasteiger partial charge in [0, 0.05) is 40.5 Å². The number of allylic oxidation sites excluding steroid dienone is 1. The van der Waals surface area contributed by atoms with E-state index in [4.69, 9.17) is 9.72 Å². The van der Waals surface area contributed by atoms with Crippen molar-refractivity contribution in [3.05, 3.63) is 78.8 Å². The van der Waals surface area contributed by atoms with E-state index in [2.05, 4.69) is 28.1 Å². The Hall–Kier alpha value is -4.11. The van der Waals surface area contributed by atoms with E-state index in [1.54, 1.807) is 42.8 Å². The SMILES string of the molecule is C=C[C@H]([C@@H](C=C)C(=O)OCC)n1cc(-c2ccsc2)c2cnc(-c3c[nH]c4ncc(F)cc34)nc21. The number of hydrogen-bond acceptors (Lipinski definition) is 6. The Morgan fingerprint density at radius 3 is 2.83 bits per heavy atom. The molecule has 5 aromatic rings. The van der Waals surface area contributed by atoms with Gasteiger partial charge in [0.15, 0.2) is 5.82 Å². The number of carbonyl (C=O) groups excluding carboxylic acids is 1. The molecule has 0 amide bonds. The molecule has 176 valence electrons. The first-order valence-corrected chi connectivity index (χ1v) is 11.9. The van der Waals surface area contributed by atoms with Crippen molar-refractivity contribution in [2.45, 2.75) is 13.0 Å². The Bertz CT molecular complexity index is 1550. The van der Waals surface area contributed by atoms with Gasteiger partial charge in [-0.05, 0) is 35.4 Å². The maximum Gasteiger partial charge on any atom is 0.315 e. The first-order valence-electron chi connectivity index (χ1n) is 11.0. The molecule has 0 saturated carbocycles. The van der Waals surface area contributed by atoms with Crippen LogP contribution in [0, 0.1) is 11.7 Å². The Balaban J connectivity index is 1.73. The molecule has 0 aliphatic heterocycles. The Morgan fingerprint density at radius 2 is 2.11 bits per heavy atom. The molecule has 0 aromatic carbocycles. The highest BCUT2D eigenvalue weighted by molar-refractivity contribution is 7.08. The van der Waals surface area contributed by atoms with Crippen molar-refractivity contribution in [2.24, 2.45) is 5.92 Å². The first kappa shape index (κ1) is 22.7. The van der Waals surface area contributed by atoms with E-state index < -0.39 is 23.7 Å². The van der Waals surface area contributed by atoms with Crippen molar-refractivity contribution >= 4 is 39.4 Å². The number of hydrogen-bond donors (Lipinski definition) is 1. The number of aromatic amines is 1. The van der Waals surface area contributed by atoms with E-state index >= 15 is 0 Å². The number of nitrogens with zero attached hydrogens (tertiary/aromatic N) is 4. The lowest BCUT2D eigenvalue weighted by Crippen LogP contribution is -2.25. The number of carbonyl (C=O) groups is 1. The number of aromatic nitrogens is 5. The number of ether oxygens (including phenoxy) is 1. The predicted octanol–water partition coefficient (Wildman–Crippen LogP) is 5.93. The van der Waals surface area contributed by atoms with Gasteiger partial charge in [-0.15, -0.1) is 13.2 Å². The lowest BCUT2D eigenvalue weighted by molar-refractivity contribution is -0.147. The summed E-state index contributed by atoms with van der Waals surface area (Å²) >= 11 is 1.59. The number of nitrogens with one attached hydrogen (secondary N) is 1. The van der Waals surface area contributed by atoms with E-state index in [9.17, 15) is 9.18 Å². The second kappa shape index (κ2) is 9.27. The van der Waals surface area contributed by atoms with Gasteiger partial charge in [0.1, 0.15) is 17.1 Å². The summed E-state index contributed by atoms with van der Waals surface area (Å²) in [6.45, 7) is 9.86. The van der Waals surface area contributed by atoms with Gasteiger partial charge in [0.2, 0.25) is 0 Å². The molecule has 1 N–H and O–H groups in total. The molecule has 5 rings (SSSR count). The first-order chi connectivity index (χ1) is 17.0. The number of esters is 1. The Morgan fingerprint density at radius 1 is 1.26 bits per heavy atom. The summed E-state index contributed by atoms with van der Waals surface area (Å²) in [4.78, 5) is 29.3. The van der Waals surface area contributed by atoms with E-state index in [1.165, 1.54) is 6.07 Å². The maximum atomic E-state index is 13.9. The number of halogens is 1. The lowest BCUT2D eigenvalue weighted by Gasteiger charge is -2.22. The van der Waals surface area contributed by atoms with Crippen molar-refractivity contribution in [3.8, 4) is 22.5 Å². The van der Waals surface area contributed by atoms with Crippen LogP contribution in [0.2, 0.25) is 0 Å². The van der Waals surface area contributed by atoms with Crippen LogP contribution in [0.15, 0.2) is 73.0 Å². The summed E-state index contributed by atoms with van der Waals surface area (Å²) in [5.41, 5.74) is 3.72. The van der Waals surface area contributed by atoms with Gasteiger partial charge < -0.3 is 14.3 Å². The topological polar surface area (TPSA) is 85.7 Å². The zero-order chi connectivity index (χ0) is 24.5. The highest BCUT2D eigenvalue weighted by Crippen LogP contribution is 2.36. The van der Waals surface area contributed by atoms with Crippen LogP contribution in [0.1, 0.15) is 13.0 Å². The van der Waals surface area contributed by atoms with Crippen LogP contribution in [0.3, 0.4) is 0 Å². The van der Waals surface area contributed by atoms with Gasteiger partial charge in [-0.25, -0.2) is 19.3 Å². The monoisotopic (exact) mass is 487 g/mol. The Kier molecular flexibility index (Phi) is 6.00. The van der Waals surface area contributed by atoms with Gasteiger partial charge in [-0.3, -0.25) is 4.79 Å². The summed E-state index contributed by atoms with van der Waals surface area (Å²) in [5.74, 6) is -1.10. The molecule has 7 nitrogen and oxygen atoms in total. The fraction of sp³-hybridized carbons (Fsp3) is 0.154. The molecule has 0 aliphatic carbocycles. The van der Waals surface area contributed by atoms with Gasteiger partial charge in [-0.2, -0.15) is 11.3 Å². The third-order valence-corrected chi connectivity index (χ3v) is 6.57. The third kappa shape index (κ3) is 3.93. The molecule has 0 bridgehead atoms. The predicted molar refractivity (Wildman–Crippen MR) is 135 cm³/mol. The van der Waals surface area contributed by atoms with E-state index in [0.29, 0.717) is 28.1 Å². The zero-order valence-electron chi connectivity index (χ0n) is 18.9. The number of H-pyrrole nitrogens is 1. The molecule has 0 radical (unpaired) electrons. The highest BCUT2D eigenvalue weighted by atomic mass is 32.1. The normalized spacial score (nSPS) is 13.1. The van der Waals surface area contributed by atoms with Crippen LogP contribution in [0.5, 0.6) is 0 Å². The van der Waals surface area contributed by atoms with Crippen molar-refractivity contribution in [1.82, 2.24) is 24.5 Å². The number of rotatable bonds is 8. The van der Waals surface area contributed by atoms with Crippen molar-refractivity contribution in [1.29, 1.82) is 0 Å². The van der Waals surface area contributed by atoms with Gasteiger partial charge >= 0.3 is 5.97 Å². The van der Waals surface area contributed by atoms with Crippen LogP contribution in [-0.4, -0.2) is 37.1 Å². The Labute approximate surface area is 204 Å². The van der Waals surface area contributed by atoms with Crippen LogP contribution in [-0.2, 0) is 9.53 Å². The molecule has 9 heteroatoms. The molecule has 0 spiro atoms. The van der Waals surface area contributed by atoms with Crippen molar-refractivity contribution < 1.29 is 13.9 Å². The quantitative estimate of drug-likeness (QED) is 0.216. The van der Waals surface area contributed by atoms with Gasteiger partial charge in [-0.1, -0.05) is 12.2 Å².